The number of rotatable bonds is 6. The second kappa shape index (κ2) is 9.98. The smallest absolute Gasteiger partial charge is 0.317 e. The minimum absolute atomic E-state index is 0.0203. The Balaban J connectivity index is 1.55. The van der Waals surface area contributed by atoms with Gasteiger partial charge in [0.2, 0.25) is 0 Å². The van der Waals surface area contributed by atoms with Crippen molar-refractivity contribution in [3.05, 3.63) is 48.5 Å². The number of sulfone groups is 1. The molecule has 1 aliphatic heterocycles. The van der Waals surface area contributed by atoms with E-state index in [1.807, 2.05) is 0 Å². The quantitative estimate of drug-likeness (QED) is 0.396. The highest BCUT2D eigenvalue weighted by molar-refractivity contribution is 7.93. The van der Waals surface area contributed by atoms with E-state index in [-0.39, 0.29) is 23.8 Å². The molecule has 1 spiro atoms. The summed E-state index contributed by atoms with van der Waals surface area (Å²) in [5.74, 6) is 0.754. The minimum Gasteiger partial charge on any atom is -0.497 e. The van der Waals surface area contributed by atoms with Crippen LogP contribution in [0.5, 0.6) is 17.2 Å². The number of urea groups is 1. The summed E-state index contributed by atoms with van der Waals surface area (Å²) in [4.78, 5) is 26.6. The fourth-order valence-electron chi connectivity index (χ4n) is 5.36. The first-order valence-electron chi connectivity index (χ1n) is 11.8. The van der Waals surface area contributed by atoms with Gasteiger partial charge < -0.3 is 19.7 Å². The molecule has 2 aliphatic rings. The summed E-state index contributed by atoms with van der Waals surface area (Å²) >= 11 is 0. The summed E-state index contributed by atoms with van der Waals surface area (Å²) in [7, 11) is -1.02. The highest BCUT2D eigenvalue weighted by Crippen LogP contribution is 2.55. The summed E-state index contributed by atoms with van der Waals surface area (Å²) in [5, 5.41) is 12.1. The first kappa shape index (κ1) is 25.8. The summed E-state index contributed by atoms with van der Waals surface area (Å²) in [6.07, 6.45) is 1.86. The SMILES string of the molecule is CNC(=O)N1CCC2(CC1)CCC(C(=O)NO)(S(=O)(=O)c1ccc(Oc3ccc(OC)cc3)cc1)C2. The molecule has 10 nitrogen and oxygen atoms in total. The maximum absolute atomic E-state index is 13.8. The average molecular weight is 518 g/mol. The molecule has 1 saturated carbocycles. The Hall–Kier alpha value is -3.31. The summed E-state index contributed by atoms with van der Waals surface area (Å²) in [6, 6.07) is 12.7. The van der Waals surface area contributed by atoms with Gasteiger partial charge in [0.05, 0.1) is 12.0 Å². The lowest BCUT2D eigenvalue weighted by Gasteiger charge is -2.40. The molecule has 2 fully saturated rings. The number of benzene rings is 2. The zero-order valence-electron chi connectivity index (χ0n) is 20.3. The van der Waals surface area contributed by atoms with Crippen LogP contribution in [0.3, 0.4) is 0 Å². The third-order valence-electron chi connectivity index (χ3n) is 7.50. The first-order valence-corrected chi connectivity index (χ1v) is 13.2. The van der Waals surface area contributed by atoms with Crippen LogP contribution in [0, 0.1) is 5.41 Å². The number of amides is 3. The van der Waals surface area contributed by atoms with Crippen molar-refractivity contribution in [3.63, 3.8) is 0 Å². The number of nitrogens with zero attached hydrogens (tertiary/aromatic N) is 1. The van der Waals surface area contributed by atoms with Gasteiger partial charge >= 0.3 is 6.03 Å². The Kier molecular flexibility index (Phi) is 7.14. The zero-order valence-corrected chi connectivity index (χ0v) is 21.1. The molecule has 3 N–H and O–H groups in total. The van der Waals surface area contributed by atoms with Gasteiger partial charge in [0.15, 0.2) is 14.6 Å². The van der Waals surface area contributed by atoms with E-state index in [2.05, 4.69) is 5.32 Å². The lowest BCUT2D eigenvalue weighted by molar-refractivity contribution is -0.132. The molecule has 0 radical (unpaired) electrons. The largest absolute Gasteiger partial charge is 0.497 e. The number of likely N-dealkylation sites (tertiary alicyclic amines) is 1. The molecule has 194 valence electrons. The van der Waals surface area contributed by atoms with Crippen LogP contribution in [0.15, 0.2) is 53.4 Å². The molecular weight excluding hydrogens is 486 g/mol. The highest BCUT2D eigenvalue weighted by atomic mass is 32.2. The molecule has 36 heavy (non-hydrogen) atoms. The molecule has 4 rings (SSSR count). The predicted molar refractivity (Wildman–Crippen MR) is 131 cm³/mol. The molecule has 1 atom stereocenters. The van der Waals surface area contributed by atoms with Crippen molar-refractivity contribution < 1.29 is 32.7 Å². The van der Waals surface area contributed by atoms with Gasteiger partial charge in [0, 0.05) is 20.1 Å². The van der Waals surface area contributed by atoms with Gasteiger partial charge in [0.25, 0.3) is 5.91 Å². The van der Waals surface area contributed by atoms with Gasteiger partial charge in [-0.15, -0.1) is 0 Å². The van der Waals surface area contributed by atoms with Crippen molar-refractivity contribution in [3.8, 4) is 17.2 Å². The molecule has 11 heteroatoms. The number of carbonyl (C=O) groups excluding carboxylic acids is 2. The van der Waals surface area contributed by atoms with Crippen LogP contribution in [-0.4, -0.2) is 62.5 Å². The molecule has 2 aromatic carbocycles. The second-order valence-electron chi connectivity index (χ2n) is 9.41. The Labute approximate surface area is 210 Å². The van der Waals surface area contributed by atoms with Gasteiger partial charge in [-0.2, -0.15) is 0 Å². The van der Waals surface area contributed by atoms with E-state index < -0.39 is 25.9 Å². The number of piperidine rings is 1. The number of carbonyl (C=O) groups is 2. The van der Waals surface area contributed by atoms with Gasteiger partial charge in [-0.3, -0.25) is 10.0 Å². The van der Waals surface area contributed by atoms with Crippen molar-refractivity contribution in [2.75, 3.05) is 27.2 Å². The van der Waals surface area contributed by atoms with E-state index in [9.17, 15) is 23.2 Å². The van der Waals surface area contributed by atoms with E-state index >= 15 is 0 Å². The molecular formula is C25H31N3O7S. The Bertz CT molecular complexity index is 1210. The maximum Gasteiger partial charge on any atom is 0.317 e. The van der Waals surface area contributed by atoms with Crippen LogP contribution in [-0.2, 0) is 14.6 Å². The van der Waals surface area contributed by atoms with Crippen LogP contribution >= 0.6 is 0 Å². The Morgan fingerprint density at radius 3 is 2.00 bits per heavy atom. The van der Waals surface area contributed by atoms with E-state index in [0.717, 1.165) is 0 Å². The lowest BCUT2D eigenvalue weighted by Crippen LogP contribution is -2.52. The number of methoxy groups -OCH3 is 1. The summed E-state index contributed by atoms with van der Waals surface area (Å²) < 4.78 is 36.8. The third-order valence-corrected chi connectivity index (χ3v) is 9.96. The number of hydrogen-bond donors (Lipinski definition) is 3. The topological polar surface area (TPSA) is 134 Å². The molecule has 3 amide bonds. The Morgan fingerprint density at radius 1 is 0.917 bits per heavy atom. The lowest BCUT2D eigenvalue weighted by atomic mass is 9.76. The average Bonchev–Trinajstić information content (AvgIpc) is 3.29. The first-order chi connectivity index (χ1) is 17.2. The van der Waals surface area contributed by atoms with Crippen LogP contribution < -0.4 is 20.3 Å². The number of hydroxylamine groups is 1. The molecule has 1 aliphatic carbocycles. The minimum atomic E-state index is -4.16. The van der Waals surface area contributed by atoms with Crippen molar-refractivity contribution in [1.29, 1.82) is 0 Å². The monoisotopic (exact) mass is 517 g/mol. The van der Waals surface area contributed by atoms with E-state index in [4.69, 9.17) is 9.47 Å². The fraction of sp³-hybridized carbons (Fsp3) is 0.440. The number of hydrogen-bond acceptors (Lipinski definition) is 7. The fourth-order valence-corrected chi connectivity index (χ4v) is 7.46. The van der Waals surface area contributed by atoms with Crippen LogP contribution in [0.2, 0.25) is 0 Å². The Morgan fingerprint density at radius 2 is 1.47 bits per heavy atom. The van der Waals surface area contributed by atoms with Crippen LogP contribution in [0.1, 0.15) is 32.1 Å². The van der Waals surface area contributed by atoms with Crippen molar-refractivity contribution in [2.24, 2.45) is 5.41 Å². The van der Waals surface area contributed by atoms with Gasteiger partial charge in [-0.1, -0.05) is 0 Å². The van der Waals surface area contributed by atoms with Crippen LogP contribution in [0.4, 0.5) is 4.79 Å². The molecule has 2 aromatic rings. The van der Waals surface area contributed by atoms with E-state index in [0.29, 0.717) is 49.6 Å². The van der Waals surface area contributed by atoms with Crippen molar-refractivity contribution in [1.82, 2.24) is 15.7 Å². The van der Waals surface area contributed by atoms with Gasteiger partial charge in [0.1, 0.15) is 17.2 Å². The van der Waals surface area contributed by atoms with E-state index in [1.165, 1.54) is 24.3 Å². The van der Waals surface area contributed by atoms with Gasteiger partial charge in [-0.25, -0.2) is 18.7 Å². The second-order valence-corrected chi connectivity index (χ2v) is 11.7. The molecule has 0 aromatic heterocycles. The van der Waals surface area contributed by atoms with Crippen LogP contribution in [0.25, 0.3) is 0 Å². The summed E-state index contributed by atoms with van der Waals surface area (Å²) in [6.45, 7) is 0.960. The molecule has 0 bridgehead atoms. The molecule has 1 saturated heterocycles. The molecule has 1 unspecified atom stereocenters. The van der Waals surface area contributed by atoms with Gasteiger partial charge in [-0.05, 0) is 86.1 Å². The normalized spacial score (nSPS) is 21.1. The van der Waals surface area contributed by atoms with Crippen molar-refractivity contribution in [2.45, 2.75) is 41.7 Å². The maximum atomic E-state index is 13.8. The molecule has 1 heterocycles. The zero-order chi connectivity index (χ0) is 26.0. The standard InChI is InChI=1S/C25H31N3O7S/c1-26-23(30)28-15-13-24(14-16-28)11-12-25(17-24,22(29)27-31)36(32,33)21-9-7-20(8-10-21)35-19-5-3-18(34-2)4-6-19/h3-10,31H,11-17H2,1-2H3,(H,26,30)(H,27,29). The van der Waals surface area contributed by atoms with Crippen molar-refractivity contribution >= 4 is 21.8 Å². The van der Waals surface area contributed by atoms with E-state index in [1.54, 1.807) is 48.8 Å². The number of nitrogens with one attached hydrogen (secondary N) is 2. The summed E-state index contributed by atoms with van der Waals surface area (Å²) in [5.41, 5.74) is 1.21. The predicted octanol–water partition coefficient (Wildman–Crippen LogP) is 3.11. The highest BCUT2D eigenvalue weighted by Gasteiger charge is 2.60. The number of ether oxygens (including phenoxy) is 2. The third kappa shape index (κ3) is 4.60.